The lowest BCUT2D eigenvalue weighted by Crippen LogP contribution is -2.15. The first kappa shape index (κ1) is 13.1. The molecule has 0 aromatic heterocycles. The Kier molecular flexibility index (Phi) is 4.26. The van der Waals surface area contributed by atoms with Crippen molar-refractivity contribution in [3.63, 3.8) is 0 Å². The Hall–Kier alpha value is 0. The van der Waals surface area contributed by atoms with Gasteiger partial charge < -0.3 is 0 Å². The van der Waals surface area contributed by atoms with Gasteiger partial charge in [0.25, 0.3) is 0 Å². The molecule has 0 aromatic rings. The van der Waals surface area contributed by atoms with Crippen molar-refractivity contribution < 1.29 is 0 Å². The lowest BCUT2D eigenvalue weighted by Gasteiger charge is -2.23. The summed E-state index contributed by atoms with van der Waals surface area (Å²) in [5, 5.41) is 0. The Bertz CT molecular complexity index is 194. The molecule has 0 heterocycles. The van der Waals surface area contributed by atoms with Crippen LogP contribution in [-0.4, -0.2) is 0 Å². The molecule has 0 nitrogen and oxygen atoms in total. The Morgan fingerprint density at radius 3 is 2.07 bits per heavy atom. The summed E-state index contributed by atoms with van der Waals surface area (Å²) in [4.78, 5) is 0. The Balaban J connectivity index is 2.58. The van der Waals surface area contributed by atoms with Gasteiger partial charge in [0.15, 0.2) is 0 Å². The molecule has 4 atom stereocenters. The van der Waals surface area contributed by atoms with Crippen molar-refractivity contribution in [3.05, 3.63) is 0 Å². The van der Waals surface area contributed by atoms with E-state index in [0.717, 1.165) is 23.7 Å². The first-order chi connectivity index (χ1) is 7.02. The highest BCUT2D eigenvalue weighted by Gasteiger charge is 2.62. The molecule has 0 N–H and O–H groups in total. The molecule has 0 heteroatoms. The minimum absolute atomic E-state index is 0.688. The summed E-state index contributed by atoms with van der Waals surface area (Å²) in [7, 11) is 0. The van der Waals surface area contributed by atoms with Gasteiger partial charge in [0.05, 0.1) is 0 Å². The Labute approximate surface area is 96.8 Å². The molecule has 15 heavy (non-hydrogen) atoms. The fourth-order valence-electron chi connectivity index (χ4n) is 4.30. The van der Waals surface area contributed by atoms with Crippen LogP contribution < -0.4 is 0 Å². The number of hydrogen-bond acceptors (Lipinski definition) is 0. The van der Waals surface area contributed by atoms with Crippen LogP contribution in [0.1, 0.15) is 67.2 Å². The average molecular weight is 210 g/mol. The molecule has 0 saturated heterocycles. The van der Waals surface area contributed by atoms with E-state index >= 15 is 0 Å². The van der Waals surface area contributed by atoms with Gasteiger partial charge >= 0.3 is 0 Å². The van der Waals surface area contributed by atoms with Crippen LogP contribution in [0.25, 0.3) is 0 Å². The highest BCUT2D eigenvalue weighted by Crippen LogP contribution is 2.68. The van der Waals surface area contributed by atoms with Gasteiger partial charge in [-0.05, 0) is 35.5 Å². The summed E-state index contributed by atoms with van der Waals surface area (Å²) in [5.74, 6) is 3.79. The van der Waals surface area contributed by atoms with Gasteiger partial charge in [0.1, 0.15) is 0 Å². The predicted octanol–water partition coefficient (Wildman–Crippen LogP) is 5.13. The van der Waals surface area contributed by atoms with Crippen LogP contribution in [0.5, 0.6) is 0 Å². The molecule has 0 radical (unpaired) electrons. The van der Waals surface area contributed by atoms with Crippen LogP contribution in [0.3, 0.4) is 0 Å². The quantitative estimate of drug-likeness (QED) is 0.570. The lowest BCUT2D eigenvalue weighted by molar-refractivity contribution is 0.263. The molecule has 1 aliphatic carbocycles. The second-order valence-corrected chi connectivity index (χ2v) is 6.05. The second kappa shape index (κ2) is 4.89. The van der Waals surface area contributed by atoms with E-state index in [-0.39, 0.29) is 0 Å². The molecule has 0 aromatic carbocycles. The summed E-state index contributed by atoms with van der Waals surface area (Å²) in [6.45, 7) is 14.5. The molecule has 0 bridgehead atoms. The van der Waals surface area contributed by atoms with Crippen molar-refractivity contribution in [1.29, 1.82) is 0 Å². The molecule has 4 unspecified atom stereocenters. The zero-order valence-corrected chi connectivity index (χ0v) is 11.6. The van der Waals surface area contributed by atoms with Crippen molar-refractivity contribution in [2.75, 3.05) is 0 Å². The monoisotopic (exact) mass is 210 g/mol. The van der Waals surface area contributed by atoms with Crippen LogP contribution in [-0.2, 0) is 0 Å². The van der Waals surface area contributed by atoms with Crippen LogP contribution in [0.2, 0.25) is 0 Å². The molecule has 0 spiro atoms. The molecular weight excluding hydrogens is 180 g/mol. The van der Waals surface area contributed by atoms with Crippen LogP contribution in [0, 0.1) is 29.1 Å². The largest absolute Gasteiger partial charge is 0.0654 e. The second-order valence-electron chi connectivity index (χ2n) is 6.05. The predicted molar refractivity (Wildman–Crippen MR) is 68.9 cm³/mol. The topological polar surface area (TPSA) is 0 Å². The summed E-state index contributed by atoms with van der Waals surface area (Å²) in [6, 6.07) is 0. The lowest BCUT2D eigenvalue weighted by atomic mass is 9.82. The number of unbranched alkanes of at least 4 members (excludes halogenated alkanes) is 1. The molecule has 1 aliphatic rings. The minimum Gasteiger partial charge on any atom is -0.0654 e. The van der Waals surface area contributed by atoms with E-state index in [9.17, 15) is 0 Å². The van der Waals surface area contributed by atoms with E-state index < -0.39 is 0 Å². The maximum atomic E-state index is 2.48. The van der Waals surface area contributed by atoms with Gasteiger partial charge in [-0.15, -0.1) is 0 Å². The van der Waals surface area contributed by atoms with Gasteiger partial charge in [0, 0.05) is 0 Å². The molecule has 90 valence electrons. The van der Waals surface area contributed by atoms with E-state index in [1.54, 1.807) is 0 Å². The van der Waals surface area contributed by atoms with Crippen LogP contribution in [0.15, 0.2) is 0 Å². The zero-order valence-electron chi connectivity index (χ0n) is 11.6. The third-order valence-electron chi connectivity index (χ3n) is 5.21. The van der Waals surface area contributed by atoms with Crippen LogP contribution >= 0.6 is 0 Å². The molecule has 1 saturated carbocycles. The standard InChI is InChI=1S/C15H30/c1-7-9-10-12(5)14-13(6)15(14,8-2)11(3)4/h11-14H,7-10H2,1-6H3. The summed E-state index contributed by atoms with van der Waals surface area (Å²) >= 11 is 0. The average Bonchev–Trinajstić information content (AvgIpc) is 2.81. The number of rotatable bonds is 6. The first-order valence-corrected chi connectivity index (χ1v) is 7.02. The van der Waals surface area contributed by atoms with Gasteiger partial charge in [-0.3, -0.25) is 0 Å². The fourth-order valence-corrected chi connectivity index (χ4v) is 4.30. The fraction of sp³-hybridized carbons (Fsp3) is 1.00. The molecule has 1 rings (SSSR count). The minimum atomic E-state index is 0.688. The smallest absolute Gasteiger partial charge is 0.0215 e. The van der Waals surface area contributed by atoms with Gasteiger partial charge in [-0.1, -0.05) is 60.8 Å². The highest BCUT2D eigenvalue weighted by atomic mass is 14.7. The Morgan fingerprint density at radius 2 is 1.73 bits per heavy atom. The maximum absolute atomic E-state index is 2.48. The molecule has 0 amide bonds. The van der Waals surface area contributed by atoms with Crippen LogP contribution in [0.4, 0.5) is 0 Å². The van der Waals surface area contributed by atoms with E-state index in [4.69, 9.17) is 0 Å². The van der Waals surface area contributed by atoms with Crippen molar-refractivity contribution in [3.8, 4) is 0 Å². The van der Waals surface area contributed by atoms with Crippen molar-refractivity contribution >= 4 is 0 Å². The molecule has 1 fully saturated rings. The van der Waals surface area contributed by atoms with E-state index in [2.05, 4.69) is 41.5 Å². The van der Waals surface area contributed by atoms with E-state index in [0.29, 0.717) is 5.41 Å². The first-order valence-electron chi connectivity index (χ1n) is 7.02. The summed E-state index contributed by atoms with van der Waals surface area (Å²) in [5.41, 5.74) is 0.688. The summed E-state index contributed by atoms with van der Waals surface area (Å²) in [6.07, 6.45) is 5.60. The maximum Gasteiger partial charge on any atom is -0.0215 e. The molecular formula is C15H30. The van der Waals surface area contributed by atoms with Gasteiger partial charge in [-0.2, -0.15) is 0 Å². The van der Waals surface area contributed by atoms with Crippen molar-refractivity contribution in [2.24, 2.45) is 29.1 Å². The van der Waals surface area contributed by atoms with E-state index in [1.165, 1.54) is 25.7 Å². The van der Waals surface area contributed by atoms with Gasteiger partial charge in [0.2, 0.25) is 0 Å². The van der Waals surface area contributed by atoms with Gasteiger partial charge in [-0.25, -0.2) is 0 Å². The number of hydrogen-bond donors (Lipinski definition) is 0. The highest BCUT2D eigenvalue weighted by molar-refractivity contribution is 5.10. The van der Waals surface area contributed by atoms with Crippen molar-refractivity contribution in [1.82, 2.24) is 0 Å². The SMILES string of the molecule is CCCCC(C)C1C(C)C1(CC)C(C)C. The van der Waals surface area contributed by atoms with Crippen molar-refractivity contribution in [2.45, 2.75) is 67.2 Å². The zero-order chi connectivity index (χ0) is 11.6. The third-order valence-corrected chi connectivity index (χ3v) is 5.21. The third kappa shape index (κ3) is 2.10. The normalized spacial score (nSPS) is 37.0. The molecule has 0 aliphatic heterocycles. The Morgan fingerprint density at radius 1 is 1.13 bits per heavy atom. The summed E-state index contributed by atoms with van der Waals surface area (Å²) < 4.78 is 0. The van der Waals surface area contributed by atoms with E-state index in [1.807, 2.05) is 0 Å².